The first-order chi connectivity index (χ1) is 10.1. The van der Waals surface area contributed by atoms with Gasteiger partial charge in [0.2, 0.25) is 5.88 Å². The first-order valence-corrected chi connectivity index (χ1v) is 7.29. The minimum atomic E-state index is 0.398. The van der Waals surface area contributed by atoms with Crippen LogP contribution in [0.4, 0.5) is 17.2 Å². The molecule has 5 nitrogen and oxygen atoms in total. The summed E-state index contributed by atoms with van der Waals surface area (Å²) in [5, 5.41) is 12.2. The number of nitriles is 1. The molecule has 6 heteroatoms. The van der Waals surface area contributed by atoms with Crippen LogP contribution >= 0.6 is 15.9 Å². The van der Waals surface area contributed by atoms with Gasteiger partial charge in [0.05, 0.1) is 23.5 Å². The largest absolute Gasteiger partial charge is 0.476 e. The van der Waals surface area contributed by atoms with Gasteiger partial charge in [-0.2, -0.15) is 10.2 Å². The molecule has 1 heterocycles. The number of benzene rings is 1. The standard InChI is InChI=1S/C15H15BrN4O/c1-2-7-21-15-12(18)5-6-14(20-15)19-13-8-11(16)4-3-10(13)9-17/h3-6,8H,2,7,18H2,1H3,(H,19,20). The molecule has 3 N–H and O–H groups in total. The molecule has 0 spiro atoms. The SMILES string of the molecule is CCCOc1nc(Nc2cc(Br)ccc2C#N)ccc1N. The zero-order valence-electron chi connectivity index (χ0n) is 11.6. The Bertz CT molecular complexity index is 682. The van der Waals surface area contributed by atoms with Crippen LogP contribution in [0.3, 0.4) is 0 Å². The highest BCUT2D eigenvalue weighted by atomic mass is 79.9. The van der Waals surface area contributed by atoms with E-state index in [9.17, 15) is 0 Å². The highest BCUT2D eigenvalue weighted by Crippen LogP contribution is 2.26. The predicted octanol–water partition coefficient (Wildman–Crippen LogP) is 3.83. The molecular formula is C15H15BrN4O. The molecular weight excluding hydrogens is 332 g/mol. The van der Waals surface area contributed by atoms with Crippen LogP contribution in [0.15, 0.2) is 34.8 Å². The fourth-order valence-corrected chi connectivity index (χ4v) is 2.05. The van der Waals surface area contributed by atoms with E-state index in [1.807, 2.05) is 19.1 Å². The quantitative estimate of drug-likeness (QED) is 0.859. The first-order valence-electron chi connectivity index (χ1n) is 6.50. The van der Waals surface area contributed by atoms with E-state index in [1.165, 1.54) is 0 Å². The van der Waals surface area contributed by atoms with Crippen LogP contribution in [0.1, 0.15) is 18.9 Å². The Morgan fingerprint density at radius 2 is 2.19 bits per heavy atom. The predicted molar refractivity (Wildman–Crippen MR) is 86.6 cm³/mol. The number of nitrogen functional groups attached to an aromatic ring is 1. The lowest BCUT2D eigenvalue weighted by Gasteiger charge is -2.11. The van der Waals surface area contributed by atoms with Gasteiger partial charge in [-0.3, -0.25) is 0 Å². The zero-order valence-corrected chi connectivity index (χ0v) is 13.1. The van der Waals surface area contributed by atoms with E-state index < -0.39 is 0 Å². The third kappa shape index (κ3) is 3.86. The van der Waals surface area contributed by atoms with Gasteiger partial charge in [0.25, 0.3) is 0 Å². The maximum atomic E-state index is 9.13. The lowest BCUT2D eigenvalue weighted by Crippen LogP contribution is -2.03. The van der Waals surface area contributed by atoms with Crippen molar-refractivity contribution in [1.82, 2.24) is 4.98 Å². The maximum absolute atomic E-state index is 9.13. The highest BCUT2D eigenvalue weighted by molar-refractivity contribution is 9.10. The normalized spacial score (nSPS) is 9.95. The number of halogens is 1. The van der Waals surface area contributed by atoms with E-state index >= 15 is 0 Å². The smallest absolute Gasteiger partial charge is 0.239 e. The summed E-state index contributed by atoms with van der Waals surface area (Å²) in [6.07, 6.45) is 0.878. The molecule has 0 saturated carbocycles. The monoisotopic (exact) mass is 346 g/mol. The van der Waals surface area contributed by atoms with Gasteiger partial charge in [0.1, 0.15) is 11.9 Å². The summed E-state index contributed by atoms with van der Waals surface area (Å²) in [6.45, 7) is 2.57. The molecule has 0 aliphatic carbocycles. The highest BCUT2D eigenvalue weighted by Gasteiger charge is 2.07. The van der Waals surface area contributed by atoms with Crippen LogP contribution in [0, 0.1) is 11.3 Å². The van der Waals surface area contributed by atoms with E-state index in [4.69, 9.17) is 15.7 Å². The summed E-state index contributed by atoms with van der Waals surface area (Å²) in [7, 11) is 0. The van der Waals surface area contributed by atoms with Crippen molar-refractivity contribution in [2.75, 3.05) is 17.7 Å². The molecule has 0 bridgehead atoms. The van der Waals surface area contributed by atoms with Gasteiger partial charge in [-0.25, -0.2) is 0 Å². The summed E-state index contributed by atoms with van der Waals surface area (Å²) >= 11 is 3.38. The first kappa shape index (κ1) is 15.1. The van der Waals surface area contributed by atoms with Gasteiger partial charge in [0.15, 0.2) is 0 Å². The van der Waals surface area contributed by atoms with Crippen LogP contribution in [0.25, 0.3) is 0 Å². The minimum absolute atomic E-state index is 0.398. The summed E-state index contributed by atoms with van der Waals surface area (Å²) in [5.74, 6) is 0.972. The van der Waals surface area contributed by atoms with E-state index in [-0.39, 0.29) is 0 Å². The molecule has 21 heavy (non-hydrogen) atoms. The summed E-state index contributed by atoms with van der Waals surface area (Å²) in [4.78, 5) is 4.33. The second-order valence-electron chi connectivity index (χ2n) is 4.37. The van der Waals surface area contributed by atoms with Crippen LogP contribution in [0.5, 0.6) is 5.88 Å². The molecule has 0 aliphatic rings. The molecule has 0 aliphatic heterocycles. The van der Waals surface area contributed by atoms with E-state index in [1.54, 1.807) is 18.2 Å². The second kappa shape index (κ2) is 6.95. The van der Waals surface area contributed by atoms with Crippen molar-refractivity contribution >= 4 is 33.1 Å². The van der Waals surface area contributed by atoms with E-state index in [0.717, 1.165) is 10.9 Å². The fourth-order valence-electron chi connectivity index (χ4n) is 1.69. The number of pyridine rings is 1. The Hall–Kier alpha value is -2.26. The summed E-state index contributed by atoms with van der Waals surface area (Å²) in [6, 6.07) is 11.0. The molecule has 0 amide bonds. The molecule has 2 aromatic rings. The Kier molecular flexibility index (Phi) is 5.01. The fraction of sp³-hybridized carbons (Fsp3) is 0.200. The molecule has 0 saturated heterocycles. The number of nitrogens with one attached hydrogen (secondary N) is 1. The van der Waals surface area contributed by atoms with Crippen molar-refractivity contribution in [2.24, 2.45) is 0 Å². The van der Waals surface area contributed by atoms with Crippen molar-refractivity contribution in [3.63, 3.8) is 0 Å². The Morgan fingerprint density at radius 3 is 2.90 bits per heavy atom. The van der Waals surface area contributed by atoms with Crippen molar-refractivity contribution in [1.29, 1.82) is 5.26 Å². The van der Waals surface area contributed by atoms with Gasteiger partial charge in [0, 0.05) is 4.47 Å². The number of aromatic nitrogens is 1. The maximum Gasteiger partial charge on any atom is 0.239 e. The average Bonchev–Trinajstić information content (AvgIpc) is 2.48. The Morgan fingerprint density at radius 1 is 1.38 bits per heavy atom. The van der Waals surface area contributed by atoms with E-state index in [0.29, 0.717) is 35.2 Å². The second-order valence-corrected chi connectivity index (χ2v) is 5.28. The van der Waals surface area contributed by atoms with Gasteiger partial charge in [-0.15, -0.1) is 0 Å². The van der Waals surface area contributed by atoms with Gasteiger partial charge in [-0.05, 0) is 36.8 Å². The number of anilines is 3. The number of nitrogens with two attached hydrogens (primary N) is 1. The molecule has 0 unspecified atom stereocenters. The molecule has 2 rings (SSSR count). The van der Waals surface area contributed by atoms with Crippen LogP contribution in [0.2, 0.25) is 0 Å². The number of rotatable bonds is 5. The zero-order chi connectivity index (χ0) is 15.2. The molecule has 108 valence electrons. The van der Waals surface area contributed by atoms with Crippen LogP contribution in [-0.2, 0) is 0 Å². The van der Waals surface area contributed by atoms with Crippen molar-refractivity contribution in [3.8, 4) is 11.9 Å². The molecule has 1 aromatic heterocycles. The summed E-state index contributed by atoms with van der Waals surface area (Å²) in [5.41, 5.74) is 7.53. The van der Waals surface area contributed by atoms with Crippen molar-refractivity contribution in [2.45, 2.75) is 13.3 Å². The third-order valence-electron chi connectivity index (χ3n) is 2.70. The topological polar surface area (TPSA) is 84.0 Å². The number of hydrogen-bond donors (Lipinski definition) is 2. The minimum Gasteiger partial charge on any atom is -0.476 e. The number of ether oxygens (including phenoxy) is 1. The van der Waals surface area contributed by atoms with Gasteiger partial charge >= 0.3 is 0 Å². The molecule has 0 radical (unpaired) electrons. The van der Waals surface area contributed by atoms with E-state index in [2.05, 4.69) is 32.3 Å². The van der Waals surface area contributed by atoms with Crippen LogP contribution in [-0.4, -0.2) is 11.6 Å². The van der Waals surface area contributed by atoms with Crippen molar-refractivity contribution < 1.29 is 4.74 Å². The van der Waals surface area contributed by atoms with Crippen molar-refractivity contribution in [3.05, 3.63) is 40.4 Å². The number of hydrogen-bond acceptors (Lipinski definition) is 5. The average molecular weight is 347 g/mol. The molecule has 1 aromatic carbocycles. The lowest BCUT2D eigenvalue weighted by molar-refractivity contribution is 0.307. The lowest BCUT2D eigenvalue weighted by atomic mass is 10.2. The van der Waals surface area contributed by atoms with Gasteiger partial charge in [-0.1, -0.05) is 22.9 Å². The Labute approximate surface area is 131 Å². The van der Waals surface area contributed by atoms with Crippen LogP contribution < -0.4 is 15.8 Å². The number of nitrogens with zero attached hydrogens (tertiary/aromatic N) is 2. The summed E-state index contributed by atoms with van der Waals surface area (Å²) < 4.78 is 6.37. The third-order valence-corrected chi connectivity index (χ3v) is 3.19. The molecule has 0 fully saturated rings. The Balaban J connectivity index is 2.28. The van der Waals surface area contributed by atoms with Gasteiger partial charge < -0.3 is 15.8 Å². The molecule has 0 atom stereocenters.